The summed E-state index contributed by atoms with van der Waals surface area (Å²) in [7, 11) is 1.54. The molecule has 21 heavy (non-hydrogen) atoms. The lowest BCUT2D eigenvalue weighted by Crippen LogP contribution is -2.43. The molecular weight excluding hydrogens is 272 g/mol. The quantitative estimate of drug-likeness (QED) is 0.631. The average molecular weight is 294 g/mol. The summed E-state index contributed by atoms with van der Waals surface area (Å²) in [5.41, 5.74) is 11.9. The van der Waals surface area contributed by atoms with Gasteiger partial charge in [0.25, 0.3) is 0 Å². The lowest BCUT2D eigenvalue weighted by molar-refractivity contribution is -0.121. The van der Waals surface area contributed by atoms with Gasteiger partial charge in [-0.15, -0.1) is 0 Å². The van der Waals surface area contributed by atoms with E-state index in [1.807, 2.05) is 13.8 Å². The van der Waals surface area contributed by atoms with Gasteiger partial charge in [-0.2, -0.15) is 0 Å². The first kappa shape index (κ1) is 16.8. The number of hydrogen-bond donors (Lipinski definition) is 3. The maximum atomic E-state index is 12.0. The highest BCUT2D eigenvalue weighted by Gasteiger charge is 2.16. The molecule has 116 valence electrons. The number of anilines is 2. The Bertz CT molecular complexity index is 517. The minimum absolute atomic E-state index is 0.0245. The molecule has 0 aliphatic rings. The molecule has 0 aliphatic carbocycles. The number of methoxy groups -OCH3 is 1. The van der Waals surface area contributed by atoms with Crippen molar-refractivity contribution in [1.29, 1.82) is 0 Å². The van der Waals surface area contributed by atoms with Crippen molar-refractivity contribution in [2.24, 2.45) is 5.73 Å². The van der Waals surface area contributed by atoms with Crippen LogP contribution in [-0.4, -0.2) is 43.0 Å². The molecule has 0 bridgehead atoms. The Morgan fingerprint density at radius 2 is 2.00 bits per heavy atom. The number of benzene rings is 1. The van der Waals surface area contributed by atoms with Crippen LogP contribution in [0.15, 0.2) is 18.2 Å². The fourth-order valence-electron chi connectivity index (χ4n) is 1.78. The van der Waals surface area contributed by atoms with Gasteiger partial charge in [0.15, 0.2) is 0 Å². The van der Waals surface area contributed by atoms with Crippen LogP contribution >= 0.6 is 0 Å². The number of primary amides is 1. The van der Waals surface area contributed by atoms with Crippen molar-refractivity contribution in [1.82, 2.24) is 4.90 Å². The van der Waals surface area contributed by atoms with E-state index in [9.17, 15) is 9.59 Å². The maximum Gasteiger partial charge on any atom is 0.238 e. The van der Waals surface area contributed by atoms with E-state index in [0.29, 0.717) is 17.1 Å². The molecular formula is C14H22N4O3. The Labute approximate surface area is 124 Å². The number of nitrogens with two attached hydrogens (primary N) is 2. The number of nitrogens with zero attached hydrogens (tertiary/aromatic N) is 1. The molecule has 0 radical (unpaired) electrons. The highest BCUT2D eigenvalue weighted by molar-refractivity contribution is 5.95. The number of amides is 2. The summed E-state index contributed by atoms with van der Waals surface area (Å²) in [6.45, 7) is 3.87. The lowest BCUT2D eigenvalue weighted by Gasteiger charge is -2.24. The molecule has 5 N–H and O–H groups in total. The van der Waals surface area contributed by atoms with Crippen LogP contribution in [0.25, 0.3) is 0 Å². The van der Waals surface area contributed by atoms with E-state index in [-0.39, 0.29) is 25.0 Å². The van der Waals surface area contributed by atoms with Crippen molar-refractivity contribution in [2.75, 3.05) is 31.2 Å². The van der Waals surface area contributed by atoms with E-state index in [4.69, 9.17) is 16.2 Å². The third-order valence-corrected chi connectivity index (χ3v) is 2.97. The van der Waals surface area contributed by atoms with Crippen LogP contribution in [0.2, 0.25) is 0 Å². The van der Waals surface area contributed by atoms with Gasteiger partial charge in [-0.05, 0) is 26.0 Å². The summed E-state index contributed by atoms with van der Waals surface area (Å²) >= 11 is 0. The summed E-state index contributed by atoms with van der Waals surface area (Å²) < 4.78 is 5.04. The minimum Gasteiger partial charge on any atom is -0.497 e. The molecule has 0 saturated heterocycles. The van der Waals surface area contributed by atoms with Crippen LogP contribution in [-0.2, 0) is 9.59 Å². The normalized spacial score (nSPS) is 10.7. The fraction of sp³-hybridized carbons (Fsp3) is 0.429. The van der Waals surface area contributed by atoms with Crippen molar-refractivity contribution in [3.05, 3.63) is 18.2 Å². The average Bonchev–Trinajstić information content (AvgIpc) is 2.39. The van der Waals surface area contributed by atoms with E-state index < -0.39 is 5.91 Å². The van der Waals surface area contributed by atoms with Crippen molar-refractivity contribution < 1.29 is 14.3 Å². The Kier molecular flexibility index (Phi) is 5.98. The number of rotatable bonds is 7. The summed E-state index contributed by atoms with van der Waals surface area (Å²) in [4.78, 5) is 24.7. The number of nitrogens with one attached hydrogen (secondary N) is 1. The van der Waals surface area contributed by atoms with Crippen LogP contribution in [0.4, 0.5) is 11.4 Å². The standard InChI is InChI=1S/C14H22N4O3/c1-9(2)18(7-13(16)19)8-14(20)17-12-5-4-10(21-3)6-11(12)15/h4-6,9H,7-8,15H2,1-3H3,(H2,16,19)(H,17,20). The minimum atomic E-state index is -0.472. The molecule has 7 heteroatoms. The molecule has 0 atom stereocenters. The first-order chi connectivity index (χ1) is 9.83. The zero-order valence-corrected chi connectivity index (χ0v) is 12.6. The molecule has 1 aromatic carbocycles. The van der Waals surface area contributed by atoms with Crippen LogP contribution in [0.5, 0.6) is 5.75 Å². The Morgan fingerprint density at radius 1 is 1.33 bits per heavy atom. The van der Waals surface area contributed by atoms with Gasteiger partial charge in [0, 0.05) is 12.1 Å². The first-order valence-corrected chi connectivity index (χ1v) is 6.59. The summed E-state index contributed by atoms with van der Waals surface area (Å²) in [5, 5.41) is 2.71. The van der Waals surface area contributed by atoms with Crippen molar-refractivity contribution in [3.8, 4) is 5.75 Å². The summed E-state index contributed by atoms with van der Waals surface area (Å²) in [6, 6.07) is 5.02. The second kappa shape index (κ2) is 7.49. The second-order valence-electron chi connectivity index (χ2n) is 4.97. The zero-order valence-electron chi connectivity index (χ0n) is 12.6. The highest BCUT2D eigenvalue weighted by Crippen LogP contribution is 2.23. The second-order valence-corrected chi connectivity index (χ2v) is 4.97. The highest BCUT2D eigenvalue weighted by atomic mass is 16.5. The third-order valence-electron chi connectivity index (χ3n) is 2.97. The molecule has 1 rings (SSSR count). The molecule has 0 spiro atoms. The van der Waals surface area contributed by atoms with Crippen molar-refractivity contribution >= 4 is 23.2 Å². The molecule has 1 aromatic rings. The van der Waals surface area contributed by atoms with Gasteiger partial charge >= 0.3 is 0 Å². The van der Waals surface area contributed by atoms with E-state index in [1.165, 1.54) is 7.11 Å². The Morgan fingerprint density at radius 3 is 2.48 bits per heavy atom. The fourth-order valence-corrected chi connectivity index (χ4v) is 1.78. The van der Waals surface area contributed by atoms with Gasteiger partial charge in [-0.25, -0.2) is 0 Å². The monoisotopic (exact) mass is 294 g/mol. The molecule has 0 fully saturated rings. The van der Waals surface area contributed by atoms with Gasteiger partial charge < -0.3 is 21.5 Å². The van der Waals surface area contributed by atoms with E-state index in [1.54, 1.807) is 23.1 Å². The van der Waals surface area contributed by atoms with Gasteiger partial charge in [-0.3, -0.25) is 14.5 Å². The largest absolute Gasteiger partial charge is 0.497 e. The number of carbonyl (C=O) groups excluding carboxylic acids is 2. The molecule has 0 heterocycles. The van der Waals surface area contributed by atoms with Crippen LogP contribution in [0.3, 0.4) is 0 Å². The van der Waals surface area contributed by atoms with Crippen molar-refractivity contribution in [2.45, 2.75) is 19.9 Å². The van der Waals surface area contributed by atoms with Crippen LogP contribution in [0.1, 0.15) is 13.8 Å². The molecule has 2 amide bonds. The number of nitrogen functional groups attached to an aromatic ring is 1. The SMILES string of the molecule is COc1ccc(NC(=O)CN(CC(N)=O)C(C)C)c(N)c1. The predicted octanol–water partition coefficient (Wildman–Crippen LogP) is 0.412. The van der Waals surface area contributed by atoms with Crippen LogP contribution in [0, 0.1) is 0 Å². The predicted molar refractivity (Wildman–Crippen MR) is 81.9 cm³/mol. The van der Waals surface area contributed by atoms with E-state index in [0.717, 1.165) is 0 Å². The van der Waals surface area contributed by atoms with Gasteiger partial charge in [-0.1, -0.05) is 0 Å². The van der Waals surface area contributed by atoms with Crippen LogP contribution < -0.4 is 21.5 Å². The third kappa shape index (κ3) is 5.31. The maximum absolute atomic E-state index is 12.0. The van der Waals surface area contributed by atoms with E-state index in [2.05, 4.69) is 5.32 Å². The molecule has 0 aliphatic heterocycles. The topological polar surface area (TPSA) is 111 Å². The first-order valence-electron chi connectivity index (χ1n) is 6.59. The summed E-state index contributed by atoms with van der Waals surface area (Å²) in [6.07, 6.45) is 0. The Balaban J connectivity index is 2.69. The van der Waals surface area contributed by atoms with Gasteiger partial charge in [0.05, 0.1) is 31.6 Å². The zero-order chi connectivity index (χ0) is 16.0. The van der Waals surface area contributed by atoms with Gasteiger partial charge in [0.2, 0.25) is 11.8 Å². The molecule has 0 unspecified atom stereocenters. The summed E-state index contributed by atoms with van der Waals surface area (Å²) in [5.74, 6) is -0.120. The van der Waals surface area contributed by atoms with Gasteiger partial charge in [0.1, 0.15) is 5.75 Å². The number of hydrogen-bond acceptors (Lipinski definition) is 5. The van der Waals surface area contributed by atoms with Crippen molar-refractivity contribution in [3.63, 3.8) is 0 Å². The smallest absolute Gasteiger partial charge is 0.238 e. The number of carbonyl (C=O) groups is 2. The lowest BCUT2D eigenvalue weighted by atomic mass is 10.2. The molecule has 7 nitrogen and oxygen atoms in total. The molecule has 0 aromatic heterocycles. The Hall–Kier alpha value is -2.28. The molecule has 0 saturated carbocycles. The number of ether oxygens (including phenoxy) is 1. The van der Waals surface area contributed by atoms with E-state index >= 15 is 0 Å².